The summed E-state index contributed by atoms with van der Waals surface area (Å²) >= 11 is 8.31. The summed E-state index contributed by atoms with van der Waals surface area (Å²) in [5, 5.41) is 0.282. The number of carbonyl (C=O) groups is 1. The standard InChI is InChI=1S/C21H18ClIN2O3/c1-14(26)25(13-15-5-3-4-6-19(15)27-2)18-11-12-20(22)24-21(18)28-17-9-7-16(23)8-10-17/h3-12H,13H2,1-2H3. The Morgan fingerprint density at radius 3 is 2.50 bits per heavy atom. The Labute approximate surface area is 182 Å². The van der Waals surface area contributed by atoms with Gasteiger partial charge in [0.25, 0.3) is 0 Å². The maximum atomic E-state index is 12.5. The second kappa shape index (κ2) is 9.25. The van der Waals surface area contributed by atoms with E-state index in [1.807, 2.05) is 48.5 Å². The van der Waals surface area contributed by atoms with E-state index >= 15 is 0 Å². The molecular formula is C21H18ClIN2O3. The summed E-state index contributed by atoms with van der Waals surface area (Å²) in [7, 11) is 1.60. The van der Waals surface area contributed by atoms with Crippen LogP contribution in [0.15, 0.2) is 60.7 Å². The first kappa shape index (κ1) is 20.4. The van der Waals surface area contributed by atoms with Gasteiger partial charge in [-0.05, 0) is 65.1 Å². The van der Waals surface area contributed by atoms with Crippen LogP contribution in [-0.2, 0) is 11.3 Å². The molecule has 0 unspecified atom stereocenters. The molecule has 2 aromatic carbocycles. The van der Waals surface area contributed by atoms with E-state index in [1.165, 1.54) is 6.92 Å². The average molecular weight is 509 g/mol. The van der Waals surface area contributed by atoms with Gasteiger partial charge in [-0.25, -0.2) is 0 Å². The van der Waals surface area contributed by atoms with Gasteiger partial charge in [-0.15, -0.1) is 0 Å². The van der Waals surface area contributed by atoms with Gasteiger partial charge < -0.3 is 14.4 Å². The number of ether oxygens (including phenoxy) is 2. The predicted molar refractivity (Wildman–Crippen MR) is 118 cm³/mol. The predicted octanol–water partition coefficient (Wildman–Crippen LogP) is 5.69. The van der Waals surface area contributed by atoms with Gasteiger partial charge in [0.2, 0.25) is 11.8 Å². The zero-order valence-electron chi connectivity index (χ0n) is 15.4. The number of aromatic nitrogens is 1. The molecule has 1 aromatic heterocycles. The molecule has 0 aliphatic carbocycles. The lowest BCUT2D eigenvalue weighted by Crippen LogP contribution is -2.28. The molecule has 0 aliphatic heterocycles. The number of amides is 1. The molecule has 0 spiro atoms. The molecule has 0 saturated heterocycles. The van der Waals surface area contributed by atoms with Crippen molar-refractivity contribution >= 4 is 45.8 Å². The molecule has 0 saturated carbocycles. The number of rotatable bonds is 6. The van der Waals surface area contributed by atoms with Crippen LogP contribution in [0.25, 0.3) is 0 Å². The number of anilines is 1. The number of hydrogen-bond acceptors (Lipinski definition) is 4. The van der Waals surface area contributed by atoms with Gasteiger partial charge >= 0.3 is 0 Å². The molecular weight excluding hydrogens is 491 g/mol. The quantitative estimate of drug-likeness (QED) is 0.317. The molecule has 3 rings (SSSR count). The van der Waals surface area contributed by atoms with Crippen LogP contribution in [0.5, 0.6) is 17.4 Å². The number of pyridine rings is 1. The summed E-state index contributed by atoms with van der Waals surface area (Å²) < 4.78 is 12.4. The smallest absolute Gasteiger partial charge is 0.244 e. The van der Waals surface area contributed by atoms with Crippen LogP contribution in [0, 0.1) is 3.57 Å². The summed E-state index contributed by atoms with van der Waals surface area (Å²) in [6.07, 6.45) is 0. The fourth-order valence-electron chi connectivity index (χ4n) is 2.68. The number of carbonyl (C=O) groups excluding carboxylic acids is 1. The first-order valence-corrected chi connectivity index (χ1v) is 9.93. The summed E-state index contributed by atoms with van der Waals surface area (Å²) in [6.45, 7) is 1.81. The van der Waals surface area contributed by atoms with Gasteiger partial charge in [0.1, 0.15) is 22.3 Å². The number of hydrogen-bond donors (Lipinski definition) is 0. The van der Waals surface area contributed by atoms with E-state index in [4.69, 9.17) is 21.1 Å². The Hall–Kier alpha value is -2.32. The van der Waals surface area contributed by atoms with Gasteiger partial charge in [0.05, 0.1) is 13.7 Å². The zero-order valence-corrected chi connectivity index (χ0v) is 18.3. The minimum Gasteiger partial charge on any atom is -0.496 e. The number of halogens is 2. The van der Waals surface area contributed by atoms with E-state index in [2.05, 4.69) is 27.6 Å². The van der Waals surface area contributed by atoms with Crippen molar-refractivity contribution in [3.8, 4) is 17.4 Å². The largest absolute Gasteiger partial charge is 0.496 e. The van der Waals surface area contributed by atoms with Crippen molar-refractivity contribution in [3.63, 3.8) is 0 Å². The van der Waals surface area contributed by atoms with Gasteiger partial charge in [0.15, 0.2) is 0 Å². The third kappa shape index (κ3) is 4.94. The third-order valence-corrected chi connectivity index (χ3v) is 4.96. The highest BCUT2D eigenvalue weighted by molar-refractivity contribution is 14.1. The van der Waals surface area contributed by atoms with Crippen LogP contribution in [0.3, 0.4) is 0 Å². The van der Waals surface area contributed by atoms with Gasteiger partial charge in [-0.1, -0.05) is 29.8 Å². The molecule has 1 heterocycles. The minimum atomic E-state index is -0.150. The number of benzene rings is 2. The Morgan fingerprint density at radius 2 is 1.82 bits per heavy atom. The fourth-order valence-corrected chi connectivity index (χ4v) is 3.17. The molecule has 0 radical (unpaired) electrons. The molecule has 7 heteroatoms. The van der Waals surface area contributed by atoms with Gasteiger partial charge in [-0.3, -0.25) is 4.79 Å². The van der Waals surface area contributed by atoms with Crippen molar-refractivity contribution < 1.29 is 14.3 Å². The number of methoxy groups -OCH3 is 1. The van der Waals surface area contributed by atoms with E-state index in [-0.39, 0.29) is 16.9 Å². The van der Waals surface area contributed by atoms with Crippen molar-refractivity contribution in [1.82, 2.24) is 4.98 Å². The second-order valence-electron chi connectivity index (χ2n) is 5.93. The van der Waals surface area contributed by atoms with Crippen molar-refractivity contribution in [2.24, 2.45) is 0 Å². The Kier molecular flexibility index (Phi) is 6.74. The number of nitrogens with zero attached hydrogens (tertiary/aromatic N) is 2. The van der Waals surface area contributed by atoms with Crippen molar-refractivity contribution in [3.05, 3.63) is 75.0 Å². The zero-order chi connectivity index (χ0) is 20.1. The van der Waals surface area contributed by atoms with Crippen LogP contribution in [0.1, 0.15) is 12.5 Å². The molecule has 28 heavy (non-hydrogen) atoms. The van der Waals surface area contributed by atoms with Gasteiger partial charge in [0, 0.05) is 16.1 Å². The fraction of sp³-hybridized carbons (Fsp3) is 0.143. The topological polar surface area (TPSA) is 51.7 Å². The van der Waals surface area contributed by atoms with Crippen LogP contribution in [-0.4, -0.2) is 18.0 Å². The van der Waals surface area contributed by atoms with Crippen LogP contribution in [0.2, 0.25) is 5.15 Å². The molecule has 144 valence electrons. The molecule has 0 bridgehead atoms. The normalized spacial score (nSPS) is 10.4. The third-order valence-electron chi connectivity index (χ3n) is 4.03. The second-order valence-corrected chi connectivity index (χ2v) is 7.56. The summed E-state index contributed by atoms with van der Waals surface area (Å²) in [6, 6.07) is 18.5. The van der Waals surface area contributed by atoms with E-state index in [0.717, 1.165) is 9.13 Å². The summed E-state index contributed by atoms with van der Waals surface area (Å²) in [5.74, 6) is 1.43. The maximum absolute atomic E-state index is 12.5. The Morgan fingerprint density at radius 1 is 1.11 bits per heavy atom. The molecule has 3 aromatic rings. The molecule has 0 fully saturated rings. The van der Waals surface area contributed by atoms with Gasteiger partial charge in [-0.2, -0.15) is 4.98 Å². The lowest BCUT2D eigenvalue weighted by molar-refractivity contribution is -0.116. The van der Waals surface area contributed by atoms with E-state index < -0.39 is 0 Å². The first-order valence-electron chi connectivity index (χ1n) is 8.48. The monoisotopic (exact) mass is 508 g/mol. The highest BCUT2D eigenvalue weighted by atomic mass is 127. The lowest BCUT2D eigenvalue weighted by Gasteiger charge is -2.24. The SMILES string of the molecule is COc1ccccc1CN(C(C)=O)c1ccc(Cl)nc1Oc1ccc(I)cc1. The first-order chi connectivity index (χ1) is 13.5. The van der Waals surface area contributed by atoms with Crippen LogP contribution < -0.4 is 14.4 Å². The Balaban J connectivity index is 1.98. The average Bonchev–Trinajstić information content (AvgIpc) is 2.68. The van der Waals surface area contributed by atoms with Crippen molar-refractivity contribution in [1.29, 1.82) is 0 Å². The van der Waals surface area contributed by atoms with Crippen LogP contribution in [0.4, 0.5) is 5.69 Å². The minimum absolute atomic E-state index is 0.150. The molecule has 0 atom stereocenters. The highest BCUT2D eigenvalue weighted by Crippen LogP contribution is 2.34. The molecule has 5 nitrogen and oxygen atoms in total. The van der Waals surface area contributed by atoms with Crippen LogP contribution >= 0.6 is 34.2 Å². The van der Waals surface area contributed by atoms with Crippen molar-refractivity contribution in [2.75, 3.05) is 12.0 Å². The van der Waals surface area contributed by atoms with E-state index in [9.17, 15) is 4.79 Å². The molecule has 0 N–H and O–H groups in total. The molecule has 1 amide bonds. The molecule has 0 aliphatic rings. The number of para-hydroxylation sites is 1. The van der Waals surface area contributed by atoms with E-state index in [1.54, 1.807) is 24.1 Å². The van der Waals surface area contributed by atoms with E-state index in [0.29, 0.717) is 23.7 Å². The maximum Gasteiger partial charge on any atom is 0.244 e. The lowest BCUT2D eigenvalue weighted by atomic mass is 10.1. The highest BCUT2D eigenvalue weighted by Gasteiger charge is 2.20. The van der Waals surface area contributed by atoms with Crippen molar-refractivity contribution in [2.45, 2.75) is 13.5 Å². The summed E-state index contributed by atoms with van der Waals surface area (Å²) in [5.41, 5.74) is 1.40. The summed E-state index contributed by atoms with van der Waals surface area (Å²) in [4.78, 5) is 18.3. The Bertz CT molecular complexity index is 980.